The van der Waals surface area contributed by atoms with Gasteiger partial charge >= 0.3 is 6.03 Å². The van der Waals surface area contributed by atoms with Gasteiger partial charge in [0, 0.05) is 0 Å². The molecule has 1 aromatic carbocycles. The molecule has 1 unspecified atom stereocenters. The van der Waals surface area contributed by atoms with Gasteiger partial charge in [0.25, 0.3) is 5.91 Å². The summed E-state index contributed by atoms with van der Waals surface area (Å²) in [6.45, 7) is 6.48. The standard InChI is InChI=1S/C19H27N3O2/c1-15(2)13-19(16-9-5-3-6-10-16)17(23)22(18(24)20-19)14-21-11-7-4-8-12-21/h3,5-6,9-10,15H,4,7-8,11-14H2,1-2H3,(H,20,24). The van der Waals surface area contributed by atoms with Crippen LogP contribution in [0.4, 0.5) is 4.79 Å². The Morgan fingerprint density at radius 2 is 1.75 bits per heavy atom. The highest BCUT2D eigenvalue weighted by molar-refractivity contribution is 6.07. The predicted octanol–water partition coefficient (Wildman–Crippen LogP) is 2.92. The Bertz CT molecular complexity index is 596. The van der Waals surface area contributed by atoms with E-state index in [0.717, 1.165) is 31.5 Å². The van der Waals surface area contributed by atoms with E-state index in [9.17, 15) is 9.59 Å². The maximum absolute atomic E-state index is 13.3. The predicted molar refractivity (Wildman–Crippen MR) is 93.2 cm³/mol. The third-order valence-electron chi connectivity index (χ3n) is 4.95. The second-order valence-corrected chi connectivity index (χ2v) is 7.35. The smallest absolute Gasteiger partial charge is 0.319 e. The monoisotopic (exact) mass is 329 g/mol. The average molecular weight is 329 g/mol. The third kappa shape index (κ3) is 3.18. The number of rotatable bonds is 5. The number of imide groups is 1. The molecule has 0 bridgehead atoms. The number of hydrogen-bond donors (Lipinski definition) is 1. The Morgan fingerprint density at radius 3 is 2.38 bits per heavy atom. The SMILES string of the molecule is CC(C)CC1(c2ccccc2)NC(=O)N(CN2CCCCC2)C1=O. The molecular formula is C19H27N3O2. The lowest BCUT2D eigenvalue weighted by Gasteiger charge is -2.31. The second-order valence-electron chi connectivity index (χ2n) is 7.35. The Labute approximate surface area is 144 Å². The molecule has 0 saturated carbocycles. The molecule has 3 rings (SSSR count). The molecule has 2 heterocycles. The van der Waals surface area contributed by atoms with Gasteiger partial charge in [0.05, 0.1) is 6.67 Å². The number of carbonyl (C=O) groups is 2. The van der Waals surface area contributed by atoms with Crippen LogP contribution in [-0.4, -0.2) is 41.5 Å². The van der Waals surface area contributed by atoms with Crippen molar-refractivity contribution in [3.8, 4) is 0 Å². The number of piperidine rings is 1. The lowest BCUT2D eigenvalue weighted by atomic mass is 9.82. The summed E-state index contributed by atoms with van der Waals surface area (Å²) in [5.74, 6) is 0.183. The van der Waals surface area contributed by atoms with Crippen molar-refractivity contribution in [2.75, 3.05) is 19.8 Å². The lowest BCUT2D eigenvalue weighted by Crippen LogP contribution is -2.47. The fourth-order valence-electron chi connectivity index (χ4n) is 3.84. The number of benzene rings is 1. The van der Waals surface area contributed by atoms with Crippen molar-refractivity contribution in [3.63, 3.8) is 0 Å². The first kappa shape index (κ1) is 17.0. The fraction of sp³-hybridized carbons (Fsp3) is 0.579. The summed E-state index contributed by atoms with van der Waals surface area (Å²) < 4.78 is 0. The summed E-state index contributed by atoms with van der Waals surface area (Å²) in [6, 6.07) is 9.37. The molecule has 3 amide bonds. The normalized spacial score (nSPS) is 25.4. The van der Waals surface area contributed by atoms with Crippen LogP contribution in [0.25, 0.3) is 0 Å². The van der Waals surface area contributed by atoms with Gasteiger partial charge < -0.3 is 5.32 Å². The first-order valence-electron chi connectivity index (χ1n) is 8.95. The van der Waals surface area contributed by atoms with Crippen LogP contribution in [0.2, 0.25) is 0 Å². The summed E-state index contributed by atoms with van der Waals surface area (Å²) in [5, 5.41) is 3.02. The van der Waals surface area contributed by atoms with E-state index in [1.165, 1.54) is 11.3 Å². The number of amides is 3. The van der Waals surface area contributed by atoms with Gasteiger partial charge in [0.15, 0.2) is 0 Å². The molecule has 130 valence electrons. The van der Waals surface area contributed by atoms with Gasteiger partial charge in [-0.25, -0.2) is 9.69 Å². The molecule has 5 heteroatoms. The zero-order chi connectivity index (χ0) is 17.2. The van der Waals surface area contributed by atoms with Crippen LogP contribution in [0.5, 0.6) is 0 Å². The van der Waals surface area contributed by atoms with Crippen molar-refractivity contribution in [3.05, 3.63) is 35.9 Å². The van der Waals surface area contributed by atoms with Crippen molar-refractivity contribution in [1.82, 2.24) is 15.1 Å². The number of urea groups is 1. The molecule has 5 nitrogen and oxygen atoms in total. The van der Waals surface area contributed by atoms with E-state index in [4.69, 9.17) is 0 Å². The molecular weight excluding hydrogens is 302 g/mol. The first-order chi connectivity index (χ1) is 11.5. The molecule has 2 saturated heterocycles. The summed E-state index contributed by atoms with van der Waals surface area (Å²) in [5.41, 5.74) is -0.0549. The highest BCUT2D eigenvalue weighted by Gasteiger charge is 2.52. The molecule has 0 aromatic heterocycles. The molecule has 1 N–H and O–H groups in total. The highest BCUT2D eigenvalue weighted by Crippen LogP contribution is 2.35. The Balaban J connectivity index is 1.87. The van der Waals surface area contributed by atoms with E-state index < -0.39 is 5.54 Å². The number of nitrogens with zero attached hydrogens (tertiary/aromatic N) is 2. The van der Waals surface area contributed by atoms with Crippen LogP contribution in [-0.2, 0) is 10.3 Å². The number of nitrogens with one attached hydrogen (secondary N) is 1. The minimum absolute atomic E-state index is 0.113. The molecule has 0 aliphatic carbocycles. The minimum atomic E-state index is -0.928. The zero-order valence-electron chi connectivity index (χ0n) is 14.6. The number of hydrogen-bond acceptors (Lipinski definition) is 3. The van der Waals surface area contributed by atoms with E-state index >= 15 is 0 Å². The third-order valence-corrected chi connectivity index (χ3v) is 4.95. The fourth-order valence-corrected chi connectivity index (χ4v) is 3.84. The van der Waals surface area contributed by atoms with Gasteiger partial charge in [0.2, 0.25) is 0 Å². The van der Waals surface area contributed by atoms with Crippen molar-refractivity contribution in [1.29, 1.82) is 0 Å². The summed E-state index contributed by atoms with van der Waals surface area (Å²) in [7, 11) is 0. The molecule has 0 spiro atoms. The molecule has 24 heavy (non-hydrogen) atoms. The molecule has 2 aliphatic rings. The number of likely N-dealkylation sites (tertiary alicyclic amines) is 1. The van der Waals surface area contributed by atoms with Gasteiger partial charge in [-0.2, -0.15) is 0 Å². The minimum Gasteiger partial charge on any atom is -0.319 e. The molecule has 2 aliphatic heterocycles. The van der Waals surface area contributed by atoms with Gasteiger partial charge in [-0.1, -0.05) is 50.6 Å². The Morgan fingerprint density at radius 1 is 1.08 bits per heavy atom. The zero-order valence-corrected chi connectivity index (χ0v) is 14.6. The van der Waals surface area contributed by atoms with E-state index in [1.807, 2.05) is 30.3 Å². The van der Waals surface area contributed by atoms with Crippen molar-refractivity contribution >= 4 is 11.9 Å². The molecule has 1 atom stereocenters. The Kier molecular flexibility index (Phi) is 4.90. The Hall–Kier alpha value is -1.88. The molecule has 1 aromatic rings. The average Bonchev–Trinajstić information content (AvgIpc) is 2.81. The van der Waals surface area contributed by atoms with Crippen molar-refractivity contribution in [2.45, 2.75) is 45.1 Å². The van der Waals surface area contributed by atoms with Gasteiger partial charge in [-0.05, 0) is 43.8 Å². The quantitative estimate of drug-likeness (QED) is 0.845. The van der Waals surface area contributed by atoms with Crippen molar-refractivity contribution < 1.29 is 9.59 Å². The van der Waals surface area contributed by atoms with E-state index in [1.54, 1.807) is 0 Å². The van der Waals surface area contributed by atoms with Crippen LogP contribution in [0.15, 0.2) is 30.3 Å². The summed E-state index contributed by atoms with van der Waals surface area (Å²) in [4.78, 5) is 29.5. The second kappa shape index (κ2) is 6.93. The van der Waals surface area contributed by atoms with Gasteiger partial charge in [-0.15, -0.1) is 0 Å². The van der Waals surface area contributed by atoms with Crippen LogP contribution < -0.4 is 5.32 Å². The van der Waals surface area contributed by atoms with Crippen LogP contribution in [0, 0.1) is 5.92 Å². The lowest BCUT2D eigenvalue weighted by molar-refractivity contribution is -0.133. The highest BCUT2D eigenvalue weighted by atomic mass is 16.2. The largest absolute Gasteiger partial charge is 0.326 e. The maximum Gasteiger partial charge on any atom is 0.326 e. The van der Waals surface area contributed by atoms with E-state index in [-0.39, 0.29) is 11.9 Å². The van der Waals surface area contributed by atoms with Crippen LogP contribution in [0.1, 0.15) is 45.1 Å². The van der Waals surface area contributed by atoms with E-state index in [2.05, 4.69) is 24.1 Å². The number of carbonyl (C=O) groups excluding carboxylic acids is 2. The van der Waals surface area contributed by atoms with Gasteiger partial charge in [-0.3, -0.25) is 9.69 Å². The summed E-state index contributed by atoms with van der Waals surface area (Å²) >= 11 is 0. The molecule has 2 fully saturated rings. The maximum atomic E-state index is 13.3. The van der Waals surface area contributed by atoms with Crippen LogP contribution >= 0.6 is 0 Å². The van der Waals surface area contributed by atoms with Crippen molar-refractivity contribution in [2.24, 2.45) is 5.92 Å². The molecule has 0 radical (unpaired) electrons. The summed E-state index contributed by atoms with van der Waals surface area (Å²) in [6.07, 6.45) is 4.12. The van der Waals surface area contributed by atoms with E-state index in [0.29, 0.717) is 19.0 Å². The van der Waals surface area contributed by atoms with Crippen LogP contribution in [0.3, 0.4) is 0 Å². The first-order valence-corrected chi connectivity index (χ1v) is 8.95. The topological polar surface area (TPSA) is 52.7 Å². The van der Waals surface area contributed by atoms with Gasteiger partial charge in [0.1, 0.15) is 5.54 Å².